The first-order valence-electron chi connectivity index (χ1n) is 8.89. The maximum atomic E-state index is 12.7. The number of sulfonamides is 1. The molecule has 0 aliphatic rings. The SMILES string of the molecule is CC(C)c1ccccc1N(CC(=O)N(C)CCc1ccncc1)S(C)(=O)=O. The summed E-state index contributed by atoms with van der Waals surface area (Å²) in [6.45, 7) is 4.30. The zero-order chi connectivity index (χ0) is 20.0. The minimum absolute atomic E-state index is 0.143. The molecular weight excluding hydrogens is 362 g/mol. The number of amides is 1. The van der Waals surface area contributed by atoms with Crippen molar-refractivity contribution in [1.29, 1.82) is 0 Å². The number of carbonyl (C=O) groups excluding carboxylic acids is 1. The highest BCUT2D eigenvalue weighted by Gasteiger charge is 2.25. The maximum Gasteiger partial charge on any atom is 0.243 e. The highest BCUT2D eigenvalue weighted by atomic mass is 32.2. The number of hydrogen-bond donors (Lipinski definition) is 0. The van der Waals surface area contributed by atoms with Crippen molar-refractivity contribution in [3.05, 3.63) is 59.9 Å². The van der Waals surface area contributed by atoms with Gasteiger partial charge in [0.25, 0.3) is 0 Å². The third-order valence-electron chi connectivity index (χ3n) is 4.42. The van der Waals surface area contributed by atoms with Crippen LogP contribution in [-0.2, 0) is 21.2 Å². The van der Waals surface area contributed by atoms with Crippen LogP contribution in [-0.4, -0.2) is 50.6 Å². The maximum absolute atomic E-state index is 12.7. The lowest BCUT2D eigenvalue weighted by Gasteiger charge is -2.27. The lowest BCUT2D eigenvalue weighted by atomic mass is 10.0. The van der Waals surface area contributed by atoms with E-state index < -0.39 is 10.0 Å². The van der Waals surface area contributed by atoms with Crippen LogP contribution < -0.4 is 4.31 Å². The third kappa shape index (κ3) is 5.79. The Morgan fingerprint density at radius 2 is 1.74 bits per heavy atom. The molecule has 1 amide bonds. The second-order valence-electron chi connectivity index (χ2n) is 6.90. The number of nitrogens with zero attached hydrogens (tertiary/aromatic N) is 3. The number of hydrogen-bond acceptors (Lipinski definition) is 4. The summed E-state index contributed by atoms with van der Waals surface area (Å²) < 4.78 is 26.0. The summed E-state index contributed by atoms with van der Waals surface area (Å²) >= 11 is 0. The molecule has 0 spiro atoms. The number of benzene rings is 1. The van der Waals surface area contributed by atoms with Crippen molar-refractivity contribution in [1.82, 2.24) is 9.88 Å². The first kappa shape index (κ1) is 20.9. The standard InChI is InChI=1S/C20H27N3O3S/c1-16(2)18-7-5-6-8-19(18)23(27(4,25)26)15-20(24)22(3)14-11-17-9-12-21-13-10-17/h5-10,12-13,16H,11,14-15H2,1-4H3. The molecule has 7 heteroatoms. The largest absolute Gasteiger partial charge is 0.344 e. The van der Waals surface area contributed by atoms with Gasteiger partial charge < -0.3 is 4.90 Å². The van der Waals surface area contributed by atoms with E-state index in [-0.39, 0.29) is 18.4 Å². The lowest BCUT2D eigenvalue weighted by Crippen LogP contribution is -2.42. The van der Waals surface area contributed by atoms with Gasteiger partial charge in [-0.05, 0) is 41.7 Å². The van der Waals surface area contributed by atoms with E-state index in [4.69, 9.17) is 0 Å². The molecule has 0 aliphatic carbocycles. The Hall–Kier alpha value is -2.41. The summed E-state index contributed by atoms with van der Waals surface area (Å²) in [4.78, 5) is 18.2. The molecule has 1 aromatic carbocycles. The average molecular weight is 390 g/mol. The average Bonchev–Trinajstić information content (AvgIpc) is 2.63. The van der Waals surface area contributed by atoms with Crippen LogP contribution in [0, 0.1) is 0 Å². The fourth-order valence-electron chi connectivity index (χ4n) is 2.80. The summed E-state index contributed by atoms with van der Waals surface area (Å²) in [7, 11) is -1.90. The smallest absolute Gasteiger partial charge is 0.243 e. The van der Waals surface area contributed by atoms with E-state index in [0.29, 0.717) is 18.7 Å². The molecule has 0 fully saturated rings. The van der Waals surface area contributed by atoms with Gasteiger partial charge in [0.1, 0.15) is 6.54 Å². The molecule has 2 aromatic rings. The van der Waals surface area contributed by atoms with Gasteiger partial charge >= 0.3 is 0 Å². The number of anilines is 1. The molecular formula is C20H27N3O3S. The highest BCUT2D eigenvalue weighted by molar-refractivity contribution is 7.92. The van der Waals surface area contributed by atoms with Crippen LogP contribution in [0.1, 0.15) is 30.9 Å². The zero-order valence-corrected chi connectivity index (χ0v) is 17.1. The zero-order valence-electron chi connectivity index (χ0n) is 16.3. The molecule has 2 rings (SSSR count). The van der Waals surface area contributed by atoms with E-state index in [1.54, 1.807) is 36.5 Å². The number of aromatic nitrogens is 1. The monoisotopic (exact) mass is 389 g/mol. The van der Waals surface area contributed by atoms with Gasteiger partial charge in [-0.2, -0.15) is 0 Å². The Labute approximate surface area is 161 Å². The van der Waals surface area contributed by atoms with Crippen molar-refractivity contribution in [3.63, 3.8) is 0 Å². The van der Waals surface area contributed by atoms with E-state index in [0.717, 1.165) is 17.4 Å². The third-order valence-corrected chi connectivity index (χ3v) is 5.54. The van der Waals surface area contributed by atoms with E-state index in [1.807, 2.05) is 38.1 Å². The lowest BCUT2D eigenvalue weighted by molar-refractivity contribution is -0.128. The Kier molecular flexibility index (Phi) is 6.96. The fourth-order valence-corrected chi connectivity index (χ4v) is 3.67. The van der Waals surface area contributed by atoms with Crippen LogP contribution in [0.2, 0.25) is 0 Å². The van der Waals surface area contributed by atoms with Crippen molar-refractivity contribution in [2.45, 2.75) is 26.2 Å². The van der Waals surface area contributed by atoms with Crippen LogP contribution in [0.25, 0.3) is 0 Å². The summed E-state index contributed by atoms with van der Waals surface area (Å²) in [5, 5.41) is 0. The van der Waals surface area contributed by atoms with Gasteiger partial charge in [-0.25, -0.2) is 8.42 Å². The number of pyridine rings is 1. The van der Waals surface area contributed by atoms with Crippen LogP contribution >= 0.6 is 0 Å². The predicted molar refractivity (Wildman–Crippen MR) is 108 cm³/mol. The number of likely N-dealkylation sites (N-methyl/N-ethyl adjacent to an activating group) is 1. The molecule has 27 heavy (non-hydrogen) atoms. The first-order valence-corrected chi connectivity index (χ1v) is 10.7. The van der Waals surface area contributed by atoms with Crippen molar-refractivity contribution in [3.8, 4) is 0 Å². The second-order valence-corrected chi connectivity index (χ2v) is 8.81. The summed E-state index contributed by atoms with van der Waals surface area (Å²) in [6, 6.07) is 11.1. The minimum atomic E-state index is -3.59. The quantitative estimate of drug-likeness (QED) is 0.696. The van der Waals surface area contributed by atoms with E-state index in [2.05, 4.69) is 4.98 Å². The molecule has 1 heterocycles. The topological polar surface area (TPSA) is 70.6 Å². The molecule has 0 radical (unpaired) electrons. The molecule has 0 atom stereocenters. The van der Waals surface area contributed by atoms with Crippen LogP contribution in [0.15, 0.2) is 48.8 Å². The molecule has 0 saturated carbocycles. The summed E-state index contributed by atoms with van der Waals surface area (Å²) in [6.07, 6.45) is 5.25. The van der Waals surface area contributed by atoms with Gasteiger partial charge in [-0.15, -0.1) is 0 Å². The second kappa shape index (κ2) is 8.99. The molecule has 146 valence electrons. The van der Waals surface area contributed by atoms with Crippen molar-refractivity contribution in [2.75, 3.05) is 30.7 Å². The Morgan fingerprint density at radius 1 is 1.11 bits per heavy atom. The Morgan fingerprint density at radius 3 is 2.33 bits per heavy atom. The van der Waals surface area contributed by atoms with Gasteiger partial charge in [0.05, 0.1) is 11.9 Å². The fraction of sp³-hybridized carbons (Fsp3) is 0.400. The number of rotatable bonds is 8. The molecule has 1 aromatic heterocycles. The normalized spacial score (nSPS) is 11.4. The molecule has 0 aliphatic heterocycles. The number of para-hydroxylation sites is 1. The summed E-state index contributed by atoms with van der Waals surface area (Å²) in [5.41, 5.74) is 2.54. The van der Waals surface area contributed by atoms with E-state index in [9.17, 15) is 13.2 Å². The highest BCUT2D eigenvalue weighted by Crippen LogP contribution is 2.28. The molecule has 0 bridgehead atoms. The van der Waals surface area contributed by atoms with Crippen LogP contribution in [0.5, 0.6) is 0 Å². The van der Waals surface area contributed by atoms with Crippen molar-refractivity contribution >= 4 is 21.6 Å². The molecule has 0 unspecified atom stereocenters. The minimum Gasteiger partial charge on any atom is -0.344 e. The molecule has 6 nitrogen and oxygen atoms in total. The first-order chi connectivity index (χ1) is 12.7. The number of carbonyl (C=O) groups is 1. The predicted octanol–water partition coefficient (Wildman–Crippen LogP) is 2.67. The van der Waals surface area contributed by atoms with Gasteiger partial charge in [0.2, 0.25) is 15.9 Å². The van der Waals surface area contributed by atoms with Crippen molar-refractivity contribution < 1.29 is 13.2 Å². The molecule has 0 saturated heterocycles. The molecule has 0 N–H and O–H groups in total. The van der Waals surface area contributed by atoms with Gasteiger partial charge in [-0.3, -0.25) is 14.1 Å². The Bertz CT molecular complexity index is 867. The Balaban J connectivity index is 2.16. The van der Waals surface area contributed by atoms with E-state index >= 15 is 0 Å². The van der Waals surface area contributed by atoms with Gasteiger partial charge in [0.15, 0.2) is 0 Å². The van der Waals surface area contributed by atoms with Gasteiger partial charge in [0, 0.05) is 26.0 Å². The van der Waals surface area contributed by atoms with Crippen LogP contribution in [0.4, 0.5) is 5.69 Å². The van der Waals surface area contributed by atoms with Gasteiger partial charge in [-0.1, -0.05) is 32.0 Å². The summed E-state index contributed by atoms with van der Waals surface area (Å²) in [5.74, 6) is -0.0991. The van der Waals surface area contributed by atoms with Crippen LogP contribution in [0.3, 0.4) is 0 Å². The van der Waals surface area contributed by atoms with Crippen molar-refractivity contribution in [2.24, 2.45) is 0 Å². The van der Waals surface area contributed by atoms with E-state index in [1.165, 1.54) is 4.31 Å².